The number of hydrogen-bond donors (Lipinski definition) is 1. The molecule has 0 unspecified atom stereocenters. The smallest absolute Gasteiger partial charge is 0.407 e. The number of carbonyl (C=O) groups excluding carboxylic acids is 1. The summed E-state index contributed by atoms with van der Waals surface area (Å²) < 4.78 is 8.45. The van der Waals surface area contributed by atoms with Crippen molar-refractivity contribution < 1.29 is 14.1 Å². The van der Waals surface area contributed by atoms with Crippen molar-refractivity contribution in [1.29, 1.82) is 0 Å². The second-order valence-corrected chi connectivity index (χ2v) is 7.61. The van der Waals surface area contributed by atoms with E-state index in [1.165, 1.54) is 24.6 Å². The van der Waals surface area contributed by atoms with E-state index in [0.717, 1.165) is 47.2 Å². The quantitative estimate of drug-likeness (QED) is 0.398. The lowest BCUT2D eigenvalue weighted by atomic mass is 10.2. The lowest BCUT2D eigenvalue weighted by Gasteiger charge is -2.07. The number of nitro benzene ring substituents is 1. The zero-order chi connectivity index (χ0) is 21.5. The number of benzene rings is 2. The summed E-state index contributed by atoms with van der Waals surface area (Å²) in [5.74, 6) is -0.0938. The Morgan fingerprint density at radius 1 is 1.16 bits per heavy atom. The van der Waals surface area contributed by atoms with Crippen molar-refractivity contribution >= 4 is 39.4 Å². The molecule has 3 heterocycles. The number of nitrogens with one attached hydrogen (secondary N) is 1. The average Bonchev–Trinajstić information content (AvgIpc) is 3.13. The predicted octanol–water partition coefficient (Wildman–Crippen LogP) is 3.22. The van der Waals surface area contributed by atoms with Crippen LogP contribution in [0.25, 0.3) is 22.1 Å². The van der Waals surface area contributed by atoms with Crippen LogP contribution in [-0.4, -0.2) is 24.9 Å². The van der Waals surface area contributed by atoms with Crippen molar-refractivity contribution in [3.63, 3.8) is 0 Å². The van der Waals surface area contributed by atoms with Crippen LogP contribution in [0.1, 0.15) is 25.1 Å². The van der Waals surface area contributed by atoms with Crippen molar-refractivity contribution in [2.24, 2.45) is 0 Å². The number of non-ortho nitro benzene ring substituents is 1. The van der Waals surface area contributed by atoms with Gasteiger partial charge in [-0.2, -0.15) is 0 Å². The Bertz CT molecular complexity index is 1400. The molecule has 31 heavy (non-hydrogen) atoms. The fourth-order valence-corrected chi connectivity index (χ4v) is 4.09. The highest BCUT2D eigenvalue weighted by Gasteiger charge is 2.17. The summed E-state index contributed by atoms with van der Waals surface area (Å²) in [5.41, 5.74) is 2.65. The highest BCUT2D eigenvalue weighted by atomic mass is 16.6. The lowest BCUT2D eigenvalue weighted by Crippen LogP contribution is -2.24. The summed E-state index contributed by atoms with van der Waals surface area (Å²) >= 11 is 0. The van der Waals surface area contributed by atoms with Crippen molar-refractivity contribution in [1.82, 2.24) is 14.1 Å². The standard InChI is InChI=1S/C21H19N5O5/c27-20(12-25-17-8-6-14(26(29)30)11-18(17)31-21(25)28)22-13-5-7-16-15(10-13)23-19-4-2-1-3-9-24(16)19/h5-8,10-11H,1-4,9,12H2,(H,22,27). The molecule has 0 radical (unpaired) electrons. The van der Waals surface area contributed by atoms with Gasteiger partial charge in [0.25, 0.3) is 5.69 Å². The van der Waals surface area contributed by atoms with Gasteiger partial charge in [-0.1, -0.05) is 6.42 Å². The number of aromatic nitrogens is 3. The Morgan fingerprint density at radius 3 is 2.84 bits per heavy atom. The number of amides is 1. The van der Waals surface area contributed by atoms with Crippen LogP contribution < -0.4 is 11.1 Å². The molecule has 1 aliphatic rings. The normalized spacial score (nSPS) is 13.8. The molecule has 1 amide bonds. The minimum atomic E-state index is -0.751. The van der Waals surface area contributed by atoms with Crippen LogP contribution in [0.2, 0.25) is 0 Å². The number of rotatable bonds is 4. The molecule has 1 N–H and O–H groups in total. The number of oxazole rings is 1. The van der Waals surface area contributed by atoms with Gasteiger partial charge in [0.15, 0.2) is 5.58 Å². The first-order valence-corrected chi connectivity index (χ1v) is 10.1. The largest absolute Gasteiger partial charge is 0.420 e. The summed E-state index contributed by atoms with van der Waals surface area (Å²) in [5, 5.41) is 13.7. The van der Waals surface area contributed by atoms with E-state index in [2.05, 4.69) is 9.88 Å². The number of imidazole rings is 1. The minimum absolute atomic E-state index is 0.0629. The maximum absolute atomic E-state index is 12.6. The molecule has 10 nitrogen and oxygen atoms in total. The third-order valence-corrected chi connectivity index (χ3v) is 5.56. The van der Waals surface area contributed by atoms with Crippen LogP contribution in [0.5, 0.6) is 0 Å². The number of anilines is 1. The summed E-state index contributed by atoms with van der Waals surface area (Å²) in [4.78, 5) is 39.8. The zero-order valence-corrected chi connectivity index (χ0v) is 16.5. The molecule has 0 bridgehead atoms. The molecular weight excluding hydrogens is 402 g/mol. The number of hydrogen-bond acceptors (Lipinski definition) is 6. The molecule has 2 aromatic carbocycles. The highest BCUT2D eigenvalue weighted by Crippen LogP contribution is 2.25. The summed E-state index contributed by atoms with van der Waals surface area (Å²) in [6.07, 6.45) is 4.41. The van der Waals surface area contributed by atoms with E-state index >= 15 is 0 Å². The van der Waals surface area contributed by atoms with E-state index in [4.69, 9.17) is 9.40 Å². The first-order chi connectivity index (χ1) is 15.0. The van der Waals surface area contributed by atoms with Crippen LogP contribution in [0.3, 0.4) is 0 Å². The maximum atomic E-state index is 12.6. The highest BCUT2D eigenvalue weighted by molar-refractivity contribution is 5.93. The molecule has 0 saturated heterocycles. The van der Waals surface area contributed by atoms with Crippen LogP contribution in [0.4, 0.5) is 11.4 Å². The number of nitro groups is 1. The second kappa shape index (κ2) is 7.38. The van der Waals surface area contributed by atoms with Gasteiger partial charge in [-0.3, -0.25) is 19.5 Å². The molecule has 158 valence electrons. The van der Waals surface area contributed by atoms with Gasteiger partial charge in [0, 0.05) is 24.7 Å². The van der Waals surface area contributed by atoms with E-state index < -0.39 is 16.6 Å². The molecule has 1 aliphatic heterocycles. The van der Waals surface area contributed by atoms with Crippen molar-refractivity contribution in [3.8, 4) is 0 Å². The van der Waals surface area contributed by atoms with Gasteiger partial charge in [0.2, 0.25) is 5.91 Å². The van der Waals surface area contributed by atoms with E-state index in [0.29, 0.717) is 11.2 Å². The fourth-order valence-electron chi connectivity index (χ4n) is 4.09. The Kier molecular flexibility index (Phi) is 4.54. The molecule has 0 atom stereocenters. The molecule has 0 aliphatic carbocycles. The first-order valence-electron chi connectivity index (χ1n) is 10.1. The lowest BCUT2D eigenvalue weighted by molar-refractivity contribution is -0.384. The van der Waals surface area contributed by atoms with Gasteiger partial charge in [-0.05, 0) is 37.1 Å². The van der Waals surface area contributed by atoms with E-state index in [1.54, 1.807) is 0 Å². The van der Waals surface area contributed by atoms with Crippen LogP contribution in [0.15, 0.2) is 45.6 Å². The van der Waals surface area contributed by atoms with Crippen LogP contribution in [0, 0.1) is 10.1 Å². The third kappa shape index (κ3) is 3.45. The molecule has 4 aromatic rings. The van der Waals surface area contributed by atoms with E-state index in [9.17, 15) is 19.7 Å². The Morgan fingerprint density at radius 2 is 2.00 bits per heavy atom. The summed E-state index contributed by atoms with van der Waals surface area (Å²) in [6, 6.07) is 9.43. The van der Waals surface area contributed by atoms with Crippen LogP contribution in [-0.2, 0) is 24.3 Å². The van der Waals surface area contributed by atoms with Gasteiger partial charge in [0.05, 0.1) is 27.5 Å². The van der Waals surface area contributed by atoms with Gasteiger partial charge in [-0.25, -0.2) is 9.78 Å². The van der Waals surface area contributed by atoms with Gasteiger partial charge in [-0.15, -0.1) is 0 Å². The third-order valence-electron chi connectivity index (χ3n) is 5.56. The van der Waals surface area contributed by atoms with Crippen molar-refractivity contribution in [3.05, 3.63) is 62.9 Å². The number of aryl methyl sites for hydroxylation is 2. The predicted molar refractivity (Wildman–Crippen MR) is 113 cm³/mol. The average molecular weight is 421 g/mol. The van der Waals surface area contributed by atoms with Gasteiger partial charge in [0.1, 0.15) is 12.4 Å². The number of nitrogens with zero attached hydrogens (tertiary/aromatic N) is 4. The van der Waals surface area contributed by atoms with Crippen molar-refractivity contribution in [2.45, 2.75) is 38.8 Å². The Balaban J connectivity index is 1.38. The second-order valence-electron chi connectivity index (χ2n) is 7.61. The molecular formula is C21H19N5O5. The molecule has 0 saturated carbocycles. The minimum Gasteiger partial charge on any atom is -0.407 e. The molecule has 5 rings (SSSR count). The van der Waals surface area contributed by atoms with Gasteiger partial charge < -0.3 is 14.3 Å². The number of fused-ring (bicyclic) bond motifs is 4. The zero-order valence-electron chi connectivity index (χ0n) is 16.5. The SMILES string of the molecule is O=C(Cn1c(=O)oc2cc([N+](=O)[O-])ccc21)Nc1ccc2c(c1)nc1n2CCCCC1. The van der Waals surface area contributed by atoms with Gasteiger partial charge >= 0.3 is 5.76 Å². The van der Waals surface area contributed by atoms with E-state index in [-0.39, 0.29) is 17.8 Å². The number of carbonyl (C=O) groups is 1. The summed E-state index contributed by atoms with van der Waals surface area (Å²) in [6.45, 7) is 0.674. The summed E-state index contributed by atoms with van der Waals surface area (Å²) in [7, 11) is 0. The molecule has 0 spiro atoms. The first kappa shape index (κ1) is 19.0. The molecule has 0 fully saturated rings. The topological polar surface area (TPSA) is 125 Å². The monoisotopic (exact) mass is 421 g/mol. The molecule has 2 aromatic heterocycles. The van der Waals surface area contributed by atoms with Crippen LogP contribution >= 0.6 is 0 Å². The Labute approximate surface area is 175 Å². The Hall–Kier alpha value is -3.95. The maximum Gasteiger partial charge on any atom is 0.420 e. The fraction of sp³-hybridized carbons (Fsp3) is 0.286. The van der Waals surface area contributed by atoms with Crippen molar-refractivity contribution in [2.75, 3.05) is 5.32 Å². The van der Waals surface area contributed by atoms with E-state index in [1.807, 2.05) is 18.2 Å². The molecule has 10 heteroatoms.